The summed E-state index contributed by atoms with van der Waals surface area (Å²) in [7, 11) is -2.83. The van der Waals surface area contributed by atoms with Crippen molar-refractivity contribution in [3.8, 4) is 0 Å². The molecule has 0 aliphatic heterocycles. The van der Waals surface area contributed by atoms with E-state index in [-0.39, 0.29) is 0 Å². The Hall–Kier alpha value is -0.0900. The third-order valence-electron chi connectivity index (χ3n) is 4.42. The lowest BCUT2D eigenvalue weighted by atomic mass is 9.96. The fourth-order valence-corrected chi connectivity index (χ4v) is 4.99. The van der Waals surface area contributed by atoms with Crippen molar-refractivity contribution in [2.24, 2.45) is 5.92 Å². The summed E-state index contributed by atoms with van der Waals surface area (Å²) < 4.78 is 24.0. The van der Waals surface area contributed by atoms with E-state index in [1.807, 2.05) is 0 Å². The summed E-state index contributed by atoms with van der Waals surface area (Å²) in [6.45, 7) is 0.653. The third kappa shape index (κ3) is 4.88. The van der Waals surface area contributed by atoms with Crippen LogP contribution in [-0.2, 0) is 9.84 Å². The average molecular weight is 273 g/mol. The largest absolute Gasteiger partial charge is 0.313 e. The maximum Gasteiger partial charge on any atom is 0.151 e. The molecule has 0 aromatic carbocycles. The number of nitrogens with one attached hydrogen (secondary N) is 1. The van der Waals surface area contributed by atoms with Gasteiger partial charge in [0, 0.05) is 12.6 Å². The van der Waals surface area contributed by atoms with Gasteiger partial charge in [-0.2, -0.15) is 0 Å². The van der Waals surface area contributed by atoms with E-state index in [2.05, 4.69) is 5.32 Å². The number of hydrogen-bond donors (Lipinski definition) is 1. The van der Waals surface area contributed by atoms with Gasteiger partial charge >= 0.3 is 0 Å². The topological polar surface area (TPSA) is 46.2 Å². The Kier molecular flexibility index (Phi) is 5.49. The predicted octanol–water partition coefficient (Wildman–Crippen LogP) is 2.51. The Morgan fingerprint density at radius 2 is 1.50 bits per heavy atom. The van der Waals surface area contributed by atoms with Crippen LogP contribution in [-0.4, -0.2) is 32.5 Å². The molecule has 4 heteroatoms. The van der Waals surface area contributed by atoms with Crippen molar-refractivity contribution >= 4 is 9.84 Å². The summed E-state index contributed by atoms with van der Waals surface area (Å²) in [5.74, 6) is 1.21. The van der Waals surface area contributed by atoms with Gasteiger partial charge in [-0.05, 0) is 31.6 Å². The monoisotopic (exact) mass is 273 g/mol. The van der Waals surface area contributed by atoms with Crippen LogP contribution >= 0.6 is 0 Å². The SMILES string of the molecule is O=S(=O)(CCNC1CCCCC1)CC1CCCC1. The highest BCUT2D eigenvalue weighted by Gasteiger charge is 2.22. The molecule has 2 rings (SSSR count). The Labute approximate surface area is 112 Å². The van der Waals surface area contributed by atoms with E-state index in [4.69, 9.17) is 0 Å². The molecule has 0 amide bonds. The second kappa shape index (κ2) is 6.90. The smallest absolute Gasteiger partial charge is 0.151 e. The molecule has 0 radical (unpaired) electrons. The van der Waals surface area contributed by atoms with Crippen molar-refractivity contribution in [3.05, 3.63) is 0 Å². The van der Waals surface area contributed by atoms with Crippen molar-refractivity contribution in [2.45, 2.75) is 63.8 Å². The fourth-order valence-electron chi connectivity index (χ4n) is 3.34. The summed E-state index contributed by atoms with van der Waals surface area (Å²) in [6, 6.07) is 0.570. The third-order valence-corrected chi connectivity index (χ3v) is 6.22. The summed E-state index contributed by atoms with van der Waals surface area (Å²) in [6.07, 6.45) is 11.1. The minimum atomic E-state index is -2.83. The maximum atomic E-state index is 12.0. The molecular formula is C14H27NO2S. The number of hydrogen-bond acceptors (Lipinski definition) is 3. The van der Waals surface area contributed by atoms with Crippen LogP contribution in [0.4, 0.5) is 0 Å². The van der Waals surface area contributed by atoms with Crippen molar-refractivity contribution in [2.75, 3.05) is 18.1 Å². The second-order valence-electron chi connectivity index (χ2n) is 6.05. The van der Waals surface area contributed by atoms with Crippen molar-refractivity contribution in [1.82, 2.24) is 5.32 Å². The molecule has 0 bridgehead atoms. The standard InChI is InChI=1S/C14H27NO2S/c16-18(17,12-13-6-4-5-7-13)11-10-15-14-8-2-1-3-9-14/h13-15H,1-12H2. The van der Waals surface area contributed by atoms with Gasteiger partial charge in [0.2, 0.25) is 0 Å². The minimum Gasteiger partial charge on any atom is -0.313 e. The lowest BCUT2D eigenvalue weighted by Crippen LogP contribution is -2.35. The second-order valence-corrected chi connectivity index (χ2v) is 8.28. The molecule has 2 aliphatic rings. The molecule has 0 atom stereocenters. The molecule has 1 N–H and O–H groups in total. The van der Waals surface area contributed by atoms with Crippen molar-refractivity contribution in [1.29, 1.82) is 0 Å². The minimum absolute atomic E-state index is 0.333. The van der Waals surface area contributed by atoms with Gasteiger partial charge in [0.25, 0.3) is 0 Å². The molecule has 0 aromatic rings. The molecule has 0 aromatic heterocycles. The van der Waals surface area contributed by atoms with E-state index in [1.54, 1.807) is 0 Å². The number of sulfone groups is 1. The molecule has 0 unspecified atom stereocenters. The lowest BCUT2D eigenvalue weighted by Gasteiger charge is -2.22. The molecule has 0 saturated heterocycles. The Morgan fingerprint density at radius 3 is 2.17 bits per heavy atom. The molecular weight excluding hydrogens is 246 g/mol. The van der Waals surface area contributed by atoms with Crippen LogP contribution in [0.2, 0.25) is 0 Å². The molecule has 0 heterocycles. The zero-order chi connectivity index (χ0) is 12.8. The molecule has 3 nitrogen and oxygen atoms in total. The predicted molar refractivity (Wildman–Crippen MR) is 75.5 cm³/mol. The normalized spacial score (nSPS) is 23.6. The Balaban J connectivity index is 1.64. The van der Waals surface area contributed by atoms with E-state index in [0.29, 0.717) is 30.0 Å². The lowest BCUT2D eigenvalue weighted by molar-refractivity contribution is 0.380. The van der Waals surface area contributed by atoms with Crippen LogP contribution in [0.5, 0.6) is 0 Å². The van der Waals surface area contributed by atoms with E-state index < -0.39 is 9.84 Å². The molecule has 18 heavy (non-hydrogen) atoms. The average Bonchev–Trinajstić information content (AvgIpc) is 2.82. The van der Waals surface area contributed by atoms with Gasteiger partial charge in [0.15, 0.2) is 9.84 Å². The van der Waals surface area contributed by atoms with E-state index in [1.165, 1.54) is 44.9 Å². The van der Waals surface area contributed by atoms with Crippen LogP contribution in [0.25, 0.3) is 0 Å². The highest BCUT2D eigenvalue weighted by molar-refractivity contribution is 7.91. The first kappa shape index (κ1) is 14.3. The fraction of sp³-hybridized carbons (Fsp3) is 1.00. The van der Waals surface area contributed by atoms with Gasteiger partial charge in [-0.25, -0.2) is 8.42 Å². The highest BCUT2D eigenvalue weighted by atomic mass is 32.2. The summed E-state index contributed by atoms with van der Waals surface area (Å²) in [5.41, 5.74) is 0. The van der Waals surface area contributed by atoms with Gasteiger partial charge in [0.1, 0.15) is 0 Å². The number of rotatable bonds is 6. The van der Waals surface area contributed by atoms with Crippen LogP contribution < -0.4 is 5.32 Å². The zero-order valence-electron chi connectivity index (χ0n) is 11.4. The van der Waals surface area contributed by atoms with E-state index in [0.717, 1.165) is 12.8 Å². The van der Waals surface area contributed by atoms with Crippen molar-refractivity contribution < 1.29 is 8.42 Å². The van der Waals surface area contributed by atoms with Crippen LogP contribution in [0.1, 0.15) is 57.8 Å². The first-order valence-corrected chi connectivity index (χ1v) is 9.42. The van der Waals surface area contributed by atoms with Crippen LogP contribution in [0.15, 0.2) is 0 Å². The summed E-state index contributed by atoms with van der Waals surface area (Å²) in [4.78, 5) is 0. The summed E-state index contributed by atoms with van der Waals surface area (Å²) in [5, 5.41) is 3.42. The van der Waals surface area contributed by atoms with Gasteiger partial charge in [-0.15, -0.1) is 0 Å². The van der Waals surface area contributed by atoms with Crippen LogP contribution in [0, 0.1) is 5.92 Å². The first-order chi connectivity index (χ1) is 8.66. The maximum absolute atomic E-state index is 12.0. The molecule has 0 spiro atoms. The molecule has 106 valence electrons. The first-order valence-electron chi connectivity index (χ1n) is 7.59. The van der Waals surface area contributed by atoms with E-state index >= 15 is 0 Å². The van der Waals surface area contributed by atoms with Gasteiger partial charge in [-0.3, -0.25) is 0 Å². The molecule has 2 fully saturated rings. The summed E-state index contributed by atoms with van der Waals surface area (Å²) >= 11 is 0. The van der Waals surface area contributed by atoms with E-state index in [9.17, 15) is 8.42 Å². The molecule has 2 aliphatic carbocycles. The van der Waals surface area contributed by atoms with Crippen LogP contribution in [0.3, 0.4) is 0 Å². The molecule has 2 saturated carbocycles. The van der Waals surface area contributed by atoms with Gasteiger partial charge in [-0.1, -0.05) is 32.1 Å². The van der Waals surface area contributed by atoms with Gasteiger partial charge in [0.05, 0.1) is 11.5 Å². The van der Waals surface area contributed by atoms with Crippen molar-refractivity contribution in [3.63, 3.8) is 0 Å². The zero-order valence-corrected chi connectivity index (χ0v) is 12.2. The quantitative estimate of drug-likeness (QED) is 0.809. The van der Waals surface area contributed by atoms with Gasteiger partial charge < -0.3 is 5.32 Å². The highest BCUT2D eigenvalue weighted by Crippen LogP contribution is 2.26. The Morgan fingerprint density at radius 1 is 0.889 bits per heavy atom. The Bertz CT molecular complexity index is 328.